The van der Waals surface area contributed by atoms with Gasteiger partial charge in [0.2, 0.25) is 0 Å². The molecule has 21 heavy (non-hydrogen) atoms. The van der Waals surface area contributed by atoms with Gasteiger partial charge in [0.15, 0.2) is 0 Å². The lowest BCUT2D eigenvalue weighted by atomic mass is 10.0. The molecule has 0 aliphatic heterocycles. The van der Waals surface area contributed by atoms with Crippen LogP contribution in [0.15, 0.2) is 42.5 Å². The van der Waals surface area contributed by atoms with Crippen LogP contribution in [0.1, 0.15) is 22.4 Å². The van der Waals surface area contributed by atoms with Crippen LogP contribution in [-0.4, -0.2) is 14.2 Å². The Morgan fingerprint density at radius 2 is 1.62 bits per heavy atom. The van der Waals surface area contributed by atoms with E-state index in [9.17, 15) is 4.39 Å². The van der Waals surface area contributed by atoms with Crippen LogP contribution in [0.25, 0.3) is 0 Å². The fourth-order valence-corrected chi connectivity index (χ4v) is 2.73. The van der Waals surface area contributed by atoms with Gasteiger partial charge in [0, 0.05) is 16.5 Å². The molecule has 1 unspecified atom stereocenters. The van der Waals surface area contributed by atoms with E-state index < -0.39 is 0 Å². The third-order valence-corrected chi connectivity index (χ3v) is 4.34. The van der Waals surface area contributed by atoms with Gasteiger partial charge >= 0.3 is 0 Å². The first-order valence-corrected chi connectivity index (χ1v) is 7.66. The number of aryl methyl sites for hydroxylation is 1. The van der Waals surface area contributed by atoms with Crippen molar-refractivity contribution in [3.63, 3.8) is 0 Å². The fraction of sp³-hybridized carbons (Fsp3) is 0.294. The summed E-state index contributed by atoms with van der Waals surface area (Å²) in [4.78, 5) is -0.0227. The molecule has 0 aliphatic carbocycles. The summed E-state index contributed by atoms with van der Waals surface area (Å²) in [5.41, 5.74) is 1.86. The number of benzene rings is 2. The zero-order valence-corrected chi connectivity index (χ0v) is 13.7. The topological polar surface area (TPSA) is 18.5 Å². The summed E-state index contributed by atoms with van der Waals surface area (Å²) < 4.78 is 24.1. The van der Waals surface area contributed by atoms with Crippen LogP contribution in [0, 0.1) is 5.82 Å². The molecule has 0 N–H and O–H groups in total. The van der Waals surface area contributed by atoms with Gasteiger partial charge in [0.1, 0.15) is 17.3 Å². The predicted octanol–water partition coefficient (Wildman–Crippen LogP) is 4.91. The third-order valence-electron chi connectivity index (χ3n) is 3.39. The molecular weight excluding hydrogens is 335 g/mol. The number of rotatable bonds is 6. The highest BCUT2D eigenvalue weighted by Crippen LogP contribution is 2.31. The lowest BCUT2D eigenvalue weighted by molar-refractivity contribution is 0.410. The van der Waals surface area contributed by atoms with E-state index in [4.69, 9.17) is 9.47 Å². The molecule has 0 aromatic heterocycles. The molecule has 0 saturated heterocycles. The van der Waals surface area contributed by atoms with Crippen molar-refractivity contribution in [1.29, 1.82) is 0 Å². The first-order chi connectivity index (χ1) is 10.1. The van der Waals surface area contributed by atoms with Crippen LogP contribution >= 0.6 is 15.9 Å². The predicted molar refractivity (Wildman–Crippen MR) is 85.9 cm³/mol. The molecule has 2 rings (SSSR count). The Labute approximate surface area is 133 Å². The third kappa shape index (κ3) is 4.21. The Balaban J connectivity index is 1.99. The Hall–Kier alpha value is -1.55. The molecule has 1 atom stereocenters. The van der Waals surface area contributed by atoms with Crippen LogP contribution in [0.5, 0.6) is 11.5 Å². The van der Waals surface area contributed by atoms with Crippen molar-refractivity contribution >= 4 is 15.9 Å². The van der Waals surface area contributed by atoms with Gasteiger partial charge in [-0.15, -0.1) is 0 Å². The second-order valence-electron chi connectivity index (χ2n) is 4.74. The van der Waals surface area contributed by atoms with Crippen LogP contribution in [0.2, 0.25) is 0 Å². The SMILES string of the molecule is COc1ccc(CCC(Br)c2ccc(OC)cc2F)cc1. The second kappa shape index (κ2) is 7.46. The van der Waals surface area contributed by atoms with E-state index >= 15 is 0 Å². The van der Waals surface area contributed by atoms with Gasteiger partial charge in [-0.2, -0.15) is 0 Å². The number of halogens is 2. The van der Waals surface area contributed by atoms with Crippen LogP contribution < -0.4 is 9.47 Å². The molecule has 0 amide bonds. The van der Waals surface area contributed by atoms with Gasteiger partial charge in [0.05, 0.1) is 14.2 Å². The van der Waals surface area contributed by atoms with Crippen molar-refractivity contribution in [2.24, 2.45) is 0 Å². The van der Waals surface area contributed by atoms with Crippen LogP contribution in [0.3, 0.4) is 0 Å². The second-order valence-corrected chi connectivity index (χ2v) is 5.85. The Bertz CT molecular complexity index is 584. The summed E-state index contributed by atoms with van der Waals surface area (Å²) in [5, 5.41) is 0. The summed E-state index contributed by atoms with van der Waals surface area (Å²) in [7, 11) is 3.18. The normalized spacial score (nSPS) is 12.0. The molecule has 4 heteroatoms. The quantitative estimate of drug-likeness (QED) is 0.687. The molecule has 0 bridgehead atoms. The zero-order chi connectivity index (χ0) is 15.2. The highest BCUT2D eigenvalue weighted by Gasteiger charge is 2.13. The highest BCUT2D eigenvalue weighted by atomic mass is 79.9. The highest BCUT2D eigenvalue weighted by molar-refractivity contribution is 9.09. The maximum absolute atomic E-state index is 14.0. The standard InChI is InChI=1S/C17H18BrFO2/c1-20-13-6-3-12(4-7-13)5-10-16(18)15-9-8-14(21-2)11-17(15)19/h3-4,6-9,11,16H,5,10H2,1-2H3. The maximum atomic E-state index is 14.0. The van der Waals surface area contributed by atoms with Crippen molar-refractivity contribution in [1.82, 2.24) is 0 Å². The Morgan fingerprint density at radius 1 is 1.00 bits per heavy atom. The average Bonchev–Trinajstić information content (AvgIpc) is 2.52. The minimum absolute atomic E-state index is 0.0227. The monoisotopic (exact) mass is 352 g/mol. The van der Waals surface area contributed by atoms with Crippen molar-refractivity contribution in [2.45, 2.75) is 17.7 Å². The van der Waals surface area contributed by atoms with Crippen molar-refractivity contribution in [3.05, 3.63) is 59.4 Å². The van der Waals surface area contributed by atoms with Crippen molar-refractivity contribution in [3.8, 4) is 11.5 Å². The van der Waals surface area contributed by atoms with Crippen molar-refractivity contribution < 1.29 is 13.9 Å². The first-order valence-electron chi connectivity index (χ1n) is 6.74. The molecule has 112 valence electrons. The number of hydrogen-bond acceptors (Lipinski definition) is 2. The molecule has 2 aromatic carbocycles. The molecule has 0 spiro atoms. The first kappa shape index (κ1) is 15.8. The molecule has 0 heterocycles. The lowest BCUT2D eigenvalue weighted by Gasteiger charge is -2.12. The minimum atomic E-state index is -0.244. The van der Waals surface area contributed by atoms with Gasteiger partial charge in [-0.25, -0.2) is 4.39 Å². The molecule has 0 aliphatic rings. The van der Waals surface area contributed by atoms with Gasteiger partial charge in [0.25, 0.3) is 0 Å². The molecule has 0 fully saturated rings. The van der Waals surface area contributed by atoms with Gasteiger partial charge in [-0.05, 0) is 36.6 Å². The largest absolute Gasteiger partial charge is 0.497 e. The fourth-order valence-electron chi connectivity index (χ4n) is 2.13. The van der Waals surface area contributed by atoms with E-state index in [-0.39, 0.29) is 10.6 Å². The average molecular weight is 353 g/mol. The van der Waals surface area contributed by atoms with Crippen LogP contribution in [0.4, 0.5) is 4.39 Å². The van der Waals surface area contributed by atoms with E-state index in [2.05, 4.69) is 15.9 Å². The minimum Gasteiger partial charge on any atom is -0.497 e. The lowest BCUT2D eigenvalue weighted by Crippen LogP contribution is -1.98. The van der Waals surface area contributed by atoms with Crippen molar-refractivity contribution in [2.75, 3.05) is 14.2 Å². The van der Waals surface area contributed by atoms with Gasteiger partial charge in [-0.1, -0.05) is 34.1 Å². The van der Waals surface area contributed by atoms with Crippen LogP contribution in [-0.2, 0) is 6.42 Å². The van der Waals surface area contributed by atoms with Gasteiger partial charge < -0.3 is 9.47 Å². The summed E-state index contributed by atoms with van der Waals surface area (Å²) >= 11 is 3.56. The van der Waals surface area contributed by atoms with E-state index in [1.54, 1.807) is 19.2 Å². The zero-order valence-electron chi connectivity index (χ0n) is 12.1. The Kier molecular flexibility index (Phi) is 5.62. The smallest absolute Gasteiger partial charge is 0.131 e. The van der Waals surface area contributed by atoms with E-state index in [1.165, 1.54) is 18.7 Å². The number of ether oxygens (including phenoxy) is 2. The van der Waals surface area contributed by atoms with Gasteiger partial charge in [-0.3, -0.25) is 0 Å². The molecule has 0 radical (unpaired) electrons. The summed E-state index contributed by atoms with van der Waals surface area (Å²) in [6, 6.07) is 12.9. The number of hydrogen-bond donors (Lipinski definition) is 0. The molecular formula is C17H18BrFO2. The number of methoxy groups -OCH3 is 2. The van der Waals surface area contributed by atoms with E-state index in [1.807, 2.05) is 24.3 Å². The summed E-state index contributed by atoms with van der Waals surface area (Å²) in [5.74, 6) is 1.13. The van der Waals surface area contributed by atoms with E-state index in [0.29, 0.717) is 11.3 Å². The maximum Gasteiger partial charge on any atom is 0.131 e. The molecule has 0 saturated carbocycles. The number of alkyl halides is 1. The Morgan fingerprint density at radius 3 is 2.19 bits per heavy atom. The summed E-state index contributed by atoms with van der Waals surface area (Å²) in [6.45, 7) is 0. The molecule has 2 aromatic rings. The van der Waals surface area contributed by atoms with E-state index in [0.717, 1.165) is 18.6 Å². The molecule has 2 nitrogen and oxygen atoms in total. The summed E-state index contributed by atoms with van der Waals surface area (Å²) in [6.07, 6.45) is 1.68.